The molecule has 0 unspecified atom stereocenters. The summed E-state index contributed by atoms with van der Waals surface area (Å²) in [6.45, 7) is 3.95. The normalized spacial score (nSPS) is 12.7. The Morgan fingerprint density at radius 2 is 1.58 bits per heavy atom. The third-order valence-corrected chi connectivity index (χ3v) is 3.71. The lowest BCUT2D eigenvalue weighted by molar-refractivity contribution is -0.146. The Morgan fingerprint density at radius 1 is 0.962 bits per heavy atom. The molecule has 6 nitrogen and oxygen atoms in total. The van der Waals surface area contributed by atoms with Gasteiger partial charge in [-0.15, -0.1) is 0 Å². The van der Waals surface area contributed by atoms with Crippen LogP contribution in [-0.2, 0) is 20.9 Å². The van der Waals surface area contributed by atoms with E-state index in [1.807, 2.05) is 67.6 Å². The number of carbonyl (C=O) groups excluding carboxylic acids is 2. The number of carbonyl (C=O) groups is 2. The van der Waals surface area contributed by atoms with Gasteiger partial charge >= 0.3 is 12.1 Å². The summed E-state index contributed by atoms with van der Waals surface area (Å²) in [5, 5.41) is 5.59. The van der Waals surface area contributed by atoms with Crippen LogP contribution < -0.4 is 10.6 Å². The number of amides is 1. The lowest BCUT2D eigenvalue weighted by Gasteiger charge is -2.23. The summed E-state index contributed by atoms with van der Waals surface area (Å²) in [6, 6.07) is 18.8. The average molecular weight is 356 g/mol. The van der Waals surface area contributed by atoms with E-state index in [1.165, 1.54) is 0 Å². The second kappa shape index (κ2) is 10.2. The van der Waals surface area contributed by atoms with Crippen molar-refractivity contribution >= 4 is 12.1 Å². The number of rotatable bonds is 8. The molecular formula is C20H24N2O4. The first-order valence-electron chi connectivity index (χ1n) is 8.55. The Balaban J connectivity index is 1.95. The van der Waals surface area contributed by atoms with Crippen LogP contribution in [0.2, 0.25) is 0 Å². The molecule has 2 atom stereocenters. The predicted molar refractivity (Wildman–Crippen MR) is 98.2 cm³/mol. The third kappa shape index (κ3) is 6.22. The molecule has 2 N–H and O–H groups in total. The fourth-order valence-corrected chi connectivity index (χ4v) is 2.36. The summed E-state index contributed by atoms with van der Waals surface area (Å²) in [5.41, 5.74) is 1.85. The summed E-state index contributed by atoms with van der Waals surface area (Å²) in [4.78, 5) is 24.2. The summed E-state index contributed by atoms with van der Waals surface area (Å²) in [6.07, 6.45) is -1.70. The fourth-order valence-electron chi connectivity index (χ4n) is 2.36. The van der Waals surface area contributed by atoms with E-state index in [4.69, 9.17) is 9.47 Å². The molecule has 0 radical (unpaired) electrons. The minimum Gasteiger partial charge on any atom is -0.463 e. The van der Waals surface area contributed by atoms with Gasteiger partial charge in [0.2, 0.25) is 0 Å². The molecule has 0 aliphatic rings. The van der Waals surface area contributed by atoms with Gasteiger partial charge in [0.15, 0.2) is 6.17 Å². The molecule has 1 amide bonds. The first-order chi connectivity index (χ1) is 12.6. The predicted octanol–water partition coefficient (Wildman–Crippen LogP) is 3.15. The van der Waals surface area contributed by atoms with Crippen molar-refractivity contribution in [2.75, 3.05) is 6.61 Å². The first kappa shape index (κ1) is 19.5. The number of nitrogens with one attached hydrogen (secondary N) is 2. The molecule has 26 heavy (non-hydrogen) atoms. The topological polar surface area (TPSA) is 76.7 Å². The van der Waals surface area contributed by atoms with E-state index in [2.05, 4.69) is 10.6 Å². The molecule has 0 saturated carbocycles. The molecule has 0 aliphatic carbocycles. The van der Waals surface area contributed by atoms with Gasteiger partial charge in [-0.05, 0) is 25.0 Å². The standard InChI is InChI=1S/C20H24N2O4/c1-3-25-19(23)18(21-15(2)17-12-8-5-9-13-17)22-20(24)26-14-16-10-6-4-7-11-16/h4-13,15,18,21H,3,14H2,1-2H3,(H,22,24)/t15-,18-/m0/s1. The maximum absolute atomic E-state index is 12.2. The molecule has 138 valence electrons. The maximum atomic E-state index is 12.2. The zero-order valence-electron chi connectivity index (χ0n) is 15.0. The van der Waals surface area contributed by atoms with E-state index in [1.54, 1.807) is 6.92 Å². The highest BCUT2D eigenvalue weighted by molar-refractivity contribution is 5.81. The van der Waals surface area contributed by atoms with E-state index >= 15 is 0 Å². The minimum absolute atomic E-state index is 0.121. The van der Waals surface area contributed by atoms with E-state index in [-0.39, 0.29) is 19.3 Å². The molecule has 0 saturated heterocycles. The second-order valence-electron chi connectivity index (χ2n) is 5.69. The van der Waals surface area contributed by atoms with Gasteiger partial charge in [0.25, 0.3) is 0 Å². The Bertz CT molecular complexity index is 691. The molecular weight excluding hydrogens is 332 g/mol. The van der Waals surface area contributed by atoms with Crippen LogP contribution in [0.4, 0.5) is 4.79 Å². The van der Waals surface area contributed by atoms with Gasteiger partial charge < -0.3 is 9.47 Å². The zero-order chi connectivity index (χ0) is 18.8. The van der Waals surface area contributed by atoms with Crippen LogP contribution in [0.5, 0.6) is 0 Å². The summed E-state index contributed by atoms with van der Waals surface area (Å²) >= 11 is 0. The summed E-state index contributed by atoms with van der Waals surface area (Å²) in [5.74, 6) is -0.563. The van der Waals surface area contributed by atoms with Crippen LogP contribution in [-0.4, -0.2) is 24.8 Å². The number of ether oxygens (including phenoxy) is 2. The van der Waals surface area contributed by atoms with E-state index in [0.29, 0.717) is 0 Å². The molecule has 2 rings (SSSR count). The lowest BCUT2D eigenvalue weighted by Crippen LogP contribution is -2.52. The SMILES string of the molecule is CCOC(=O)[C@H](NC(=O)OCc1ccccc1)N[C@@H](C)c1ccccc1. The van der Waals surface area contributed by atoms with Gasteiger partial charge in [-0.1, -0.05) is 60.7 Å². The van der Waals surface area contributed by atoms with Gasteiger partial charge in [-0.2, -0.15) is 0 Å². The first-order valence-corrected chi connectivity index (χ1v) is 8.55. The monoisotopic (exact) mass is 356 g/mol. The molecule has 2 aromatic rings. The Hall–Kier alpha value is -2.86. The number of benzene rings is 2. The molecule has 0 aliphatic heterocycles. The summed E-state index contributed by atoms with van der Waals surface area (Å²) in [7, 11) is 0. The van der Waals surface area contributed by atoms with Crippen molar-refractivity contribution in [3.8, 4) is 0 Å². The zero-order valence-corrected chi connectivity index (χ0v) is 15.0. The van der Waals surface area contributed by atoms with Crippen LogP contribution >= 0.6 is 0 Å². The summed E-state index contributed by atoms with van der Waals surface area (Å²) < 4.78 is 10.2. The van der Waals surface area contributed by atoms with Crippen molar-refractivity contribution in [3.05, 3.63) is 71.8 Å². The number of hydrogen-bond acceptors (Lipinski definition) is 5. The number of hydrogen-bond donors (Lipinski definition) is 2. The van der Waals surface area contributed by atoms with Crippen molar-refractivity contribution in [1.82, 2.24) is 10.6 Å². The fraction of sp³-hybridized carbons (Fsp3) is 0.300. The Labute approximate surface area is 153 Å². The highest BCUT2D eigenvalue weighted by Crippen LogP contribution is 2.12. The average Bonchev–Trinajstić information content (AvgIpc) is 2.67. The minimum atomic E-state index is -1.01. The molecule has 0 heterocycles. The van der Waals surface area contributed by atoms with Crippen LogP contribution in [0.1, 0.15) is 31.0 Å². The molecule has 0 bridgehead atoms. The van der Waals surface area contributed by atoms with Crippen LogP contribution in [0.3, 0.4) is 0 Å². The number of alkyl carbamates (subject to hydrolysis) is 1. The maximum Gasteiger partial charge on any atom is 0.409 e. The highest BCUT2D eigenvalue weighted by atomic mass is 16.6. The third-order valence-electron chi connectivity index (χ3n) is 3.71. The Kier molecular flexibility index (Phi) is 7.64. The molecule has 0 fully saturated rings. The van der Waals surface area contributed by atoms with Crippen molar-refractivity contribution in [1.29, 1.82) is 0 Å². The van der Waals surface area contributed by atoms with Crippen LogP contribution in [0.15, 0.2) is 60.7 Å². The van der Waals surface area contributed by atoms with Crippen molar-refractivity contribution in [2.24, 2.45) is 0 Å². The molecule has 6 heteroatoms. The van der Waals surface area contributed by atoms with E-state index < -0.39 is 18.2 Å². The Morgan fingerprint density at radius 3 is 2.19 bits per heavy atom. The van der Waals surface area contributed by atoms with E-state index in [9.17, 15) is 9.59 Å². The van der Waals surface area contributed by atoms with Gasteiger partial charge in [-0.3, -0.25) is 10.6 Å². The van der Waals surface area contributed by atoms with Crippen molar-refractivity contribution < 1.29 is 19.1 Å². The quantitative estimate of drug-likeness (QED) is 0.561. The highest BCUT2D eigenvalue weighted by Gasteiger charge is 2.24. The molecule has 0 spiro atoms. The smallest absolute Gasteiger partial charge is 0.409 e. The van der Waals surface area contributed by atoms with Gasteiger partial charge in [0.05, 0.1) is 6.61 Å². The van der Waals surface area contributed by atoms with Gasteiger partial charge in [-0.25, -0.2) is 9.59 Å². The molecule has 2 aromatic carbocycles. The lowest BCUT2D eigenvalue weighted by atomic mass is 10.1. The molecule has 0 aromatic heterocycles. The largest absolute Gasteiger partial charge is 0.463 e. The van der Waals surface area contributed by atoms with Gasteiger partial charge in [0, 0.05) is 6.04 Å². The van der Waals surface area contributed by atoms with Crippen LogP contribution in [0.25, 0.3) is 0 Å². The van der Waals surface area contributed by atoms with Crippen LogP contribution in [0, 0.1) is 0 Å². The van der Waals surface area contributed by atoms with Crippen molar-refractivity contribution in [2.45, 2.75) is 32.7 Å². The van der Waals surface area contributed by atoms with E-state index in [0.717, 1.165) is 11.1 Å². The van der Waals surface area contributed by atoms with Crippen molar-refractivity contribution in [3.63, 3.8) is 0 Å². The van der Waals surface area contributed by atoms with Gasteiger partial charge in [0.1, 0.15) is 6.61 Å². The second-order valence-corrected chi connectivity index (χ2v) is 5.69. The number of esters is 1.